The quantitative estimate of drug-likeness (QED) is 0.190. The second-order valence-electron chi connectivity index (χ2n) is 14.1. The van der Waals surface area contributed by atoms with Gasteiger partial charge in [-0.1, -0.05) is 117 Å². The molecule has 0 saturated carbocycles. The van der Waals surface area contributed by atoms with Gasteiger partial charge in [0, 0.05) is 27.3 Å². The zero-order valence-electron chi connectivity index (χ0n) is 27.2. The summed E-state index contributed by atoms with van der Waals surface area (Å²) in [5.74, 6) is 3.55. The first-order valence-corrected chi connectivity index (χ1v) is 17.0. The van der Waals surface area contributed by atoms with Crippen LogP contribution in [0.1, 0.15) is 25.0 Å². The second-order valence-corrected chi connectivity index (χ2v) is 14.1. The number of ether oxygens (including phenoxy) is 2. The van der Waals surface area contributed by atoms with E-state index < -0.39 is 0 Å². The fourth-order valence-electron chi connectivity index (χ4n) is 8.68. The van der Waals surface area contributed by atoms with Crippen LogP contribution in [0.4, 0.5) is 0 Å². The van der Waals surface area contributed by atoms with Crippen LogP contribution in [-0.2, 0) is 5.41 Å². The van der Waals surface area contributed by atoms with Gasteiger partial charge in [-0.3, -0.25) is 0 Å². The fourth-order valence-corrected chi connectivity index (χ4v) is 8.68. The molecule has 0 spiro atoms. The molecule has 0 fully saturated rings. The first-order chi connectivity index (χ1) is 24.0. The molecule has 2 heteroatoms. The zero-order chi connectivity index (χ0) is 32.4. The second kappa shape index (κ2) is 9.49. The maximum atomic E-state index is 6.72. The summed E-state index contributed by atoms with van der Waals surface area (Å²) in [6.45, 7) is 4.68. The Morgan fingerprint density at radius 3 is 1.69 bits per heavy atom. The van der Waals surface area contributed by atoms with E-state index in [1.807, 2.05) is 0 Å². The number of benzene rings is 8. The minimum atomic E-state index is -0.0449. The standard InChI is InChI=1S/C47H30O2/c1-47(2)39-13-4-3-10-32(39)33-19-18-30(24-40(33)47)31-22-23-38-35-21-17-29(26-44(35)49-42-15-7-12-36(31)46(38)42)28-16-20-34-37-11-5-8-27-9-6-14-41(45(27)37)48-43(34)25-28/h3-26H,1-2H3. The van der Waals surface area contributed by atoms with Crippen LogP contribution in [0.5, 0.6) is 23.0 Å². The number of hydrogen-bond acceptors (Lipinski definition) is 2. The summed E-state index contributed by atoms with van der Waals surface area (Å²) in [5, 5.41) is 4.74. The predicted molar refractivity (Wildman–Crippen MR) is 201 cm³/mol. The van der Waals surface area contributed by atoms with Crippen molar-refractivity contribution in [3.63, 3.8) is 0 Å². The Morgan fingerprint density at radius 2 is 0.918 bits per heavy atom. The van der Waals surface area contributed by atoms with Crippen molar-refractivity contribution in [2.24, 2.45) is 0 Å². The van der Waals surface area contributed by atoms with Crippen molar-refractivity contribution in [3.8, 4) is 78.6 Å². The maximum Gasteiger partial charge on any atom is 0.135 e. The zero-order valence-corrected chi connectivity index (χ0v) is 27.2. The highest BCUT2D eigenvalue weighted by molar-refractivity contribution is 6.10. The molecular formula is C47H30O2. The molecule has 8 aromatic carbocycles. The van der Waals surface area contributed by atoms with Crippen LogP contribution in [-0.4, -0.2) is 0 Å². The smallest absolute Gasteiger partial charge is 0.135 e. The van der Waals surface area contributed by atoms with Crippen molar-refractivity contribution in [1.29, 1.82) is 0 Å². The van der Waals surface area contributed by atoms with Crippen molar-refractivity contribution in [2.45, 2.75) is 19.3 Å². The molecule has 230 valence electrons. The fraction of sp³-hybridized carbons (Fsp3) is 0.0638. The molecule has 2 nitrogen and oxygen atoms in total. The Balaban J connectivity index is 0.993. The van der Waals surface area contributed by atoms with Crippen LogP contribution >= 0.6 is 0 Å². The Labute approximate surface area is 284 Å². The van der Waals surface area contributed by atoms with Crippen LogP contribution in [0.15, 0.2) is 146 Å². The number of rotatable bonds is 2. The summed E-state index contributed by atoms with van der Waals surface area (Å²) >= 11 is 0. The van der Waals surface area contributed by atoms with Gasteiger partial charge in [-0.2, -0.15) is 0 Å². The van der Waals surface area contributed by atoms with Gasteiger partial charge in [-0.05, 0) is 109 Å². The molecule has 2 aliphatic heterocycles. The third kappa shape index (κ3) is 3.66. The third-order valence-corrected chi connectivity index (χ3v) is 11.1. The van der Waals surface area contributed by atoms with Crippen molar-refractivity contribution in [2.75, 3.05) is 0 Å². The molecule has 0 aromatic heterocycles. The van der Waals surface area contributed by atoms with Crippen LogP contribution < -0.4 is 9.47 Å². The molecule has 0 atom stereocenters. The Hall–Kier alpha value is -6.12. The lowest BCUT2D eigenvalue weighted by Gasteiger charge is -2.24. The Morgan fingerprint density at radius 1 is 0.367 bits per heavy atom. The van der Waals surface area contributed by atoms with Gasteiger partial charge >= 0.3 is 0 Å². The van der Waals surface area contributed by atoms with Gasteiger partial charge in [-0.25, -0.2) is 0 Å². The maximum absolute atomic E-state index is 6.72. The average Bonchev–Trinajstić information content (AvgIpc) is 3.37. The average molecular weight is 627 g/mol. The SMILES string of the molecule is CC1(C)c2ccccc2-c2ccc(-c3ccc4c5c(cccc35)Oc3cc(-c5ccc6c(c5)Oc5cccc7cccc-6c57)ccc3-4)cc21. The minimum absolute atomic E-state index is 0.0449. The van der Waals surface area contributed by atoms with Crippen molar-refractivity contribution in [1.82, 2.24) is 0 Å². The molecule has 2 heterocycles. The Bertz CT molecular complexity index is 2740. The summed E-state index contributed by atoms with van der Waals surface area (Å²) in [4.78, 5) is 0. The van der Waals surface area contributed by atoms with E-state index >= 15 is 0 Å². The van der Waals surface area contributed by atoms with Gasteiger partial charge in [0.1, 0.15) is 23.0 Å². The van der Waals surface area contributed by atoms with Crippen LogP contribution in [0.3, 0.4) is 0 Å². The van der Waals surface area contributed by atoms with E-state index in [0.29, 0.717) is 0 Å². The summed E-state index contributed by atoms with van der Waals surface area (Å²) in [6, 6.07) is 52.7. The molecule has 0 radical (unpaired) electrons. The van der Waals surface area contributed by atoms with E-state index in [1.165, 1.54) is 66.1 Å². The molecule has 1 aliphatic carbocycles. The summed E-state index contributed by atoms with van der Waals surface area (Å²) in [6.07, 6.45) is 0. The number of fused-ring (bicyclic) bond motifs is 7. The van der Waals surface area contributed by atoms with Crippen molar-refractivity contribution < 1.29 is 9.47 Å². The molecule has 11 rings (SSSR count). The van der Waals surface area contributed by atoms with E-state index in [9.17, 15) is 0 Å². The normalized spacial score (nSPS) is 14.0. The van der Waals surface area contributed by atoms with E-state index in [1.54, 1.807) is 0 Å². The van der Waals surface area contributed by atoms with Gasteiger partial charge in [0.2, 0.25) is 0 Å². The lowest BCUT2D eigenvalue weighted by Crippen LogP contribution is -2.14. The molecule has 0 bridgehead atoms. The molecule has 3 aliphatic rings. The molecule has 49 heavy (non-hydrogen) atoms. The first kappa shape index (κ1) is 26.9. The van der Waals surface area contributed by atoms with Gasteiger partial charge in [0.15, 0.2) is 0 Å². The van der Waals surface area contributed by atoms with Crippen LogP contribution in [0.25, 0.3) is 77.2 Å². The molecule has 0 saturated heterocycles. The lowest BCUT2D eigenvalue weighted by atomic mass is 9.81. The van der Waals surface area contributed by atoms with Gasteiger partial charge in [0.25, 0.3) is 0 Å². The molecule has 0 N–H and O–H groups in total. The van der Waals surface area contributed by atoms with Gasteiger partial charge in [-0.15, -0.1) is 0 Å². The van der Waals surface area contributed by atoms with Crippen LogP contribution in [0, 0.1) is 0 Å². The topological polar surface area (TPSA) is 18.5 Å². The highest BCUT2D eigenvalue weighted by Gasteiger charge is 2.35. The third-order valence-electron chi connectivity index (χ3n) is 11.1. The summed E-state index contributed by atoms with van der Waals surface area (Å²) in [7, 11) is 0. The van der Waals surface area contributed by atoms with Gasteiger partial charge < -0.3 is 9.47 Å². The molecule has 0 amide bonds. The van der Waals surface area contributed by atoms with Crippen molar-refractivity contribution >= 4 is 21.5 Å². The van der Waals surface area contributed by atoms with Crippen LogP contribution in [0.2, 0.25) is 0 Å². The molecular weight excluding hydrogens is 597 g/mol. The van der Waals surface area contributed by atoms with Crippen molar-refractivity contribution in [3.05, 3.63) is 157 Å². The minimum Gasteiger partial charge on any atom is -0.456 e. The molecule has 8 aromatic rings. The number of hydrogen-bond donors (Lipinski definition) is 0. The van der Waals surface area contributed by atoms with E-state index in [4.69, 9.17) is 9.47 Å². The van der Waals surface area contributed by atoms with E-state index in [0.717, 1.165) is 45.3 Å². The van der Waals surface area contributed by atoms with E-state index in [-0.39, 0.29) is 5.41 Å². The highest BCUT2D eigenvalue weighted by atomic mass is 16.5. The largest absolute Gasteiger partial charge is 0.456 e. The summed E-state index contributed by atoms with van der Waals surface area (Å²) in [5.41, 5.74) is 14.7. The highest BCUT2D eigenvalue weighted by Crippen LogP contribution is 2.53. The summed E-state index contributed by atoms with van der Waals surface area (Å²) < 4.78 is 13.2. The van der Waals surface area contributed by atoms with E-state index in [2.05, 4.69) is 159 Å². The lowest BCUT2D eigenvalue weighted by molar-refractivity contribution is 0.486. The van der Waals surface area contributed by atoms with Gasteiger partial charge in [0.05, 0.1) is 0 Å². The monoisotopic (exact) mass is 626 g/mol. The molecule has 0 unspecified atom stereocenters. The first-order valence-electron chi connectivity index (χ1n) is 17.0. The Kier molecular flexibility index (Phi) is 5.21. The predicted octanol–water partition coefficient (Wildman–Crippen LogP) is 13.2.